The fraction of sp³-hybridized carbons (Fsp3) is 0.600. The molecular formula is C10H14N2OS2. The minimum absolute atomic E-state index is 0.00663. The molecule has 0 bridgehead atoms. The molecule has 0 radical (unpaired) electrons. The molecule has 0 aliphatic carbocycles. The summed E-state index contributed by atoms with van der Waals surface area (Å²) in [5.41, 5.74) is 1.32. The van der Waals surface area contributed by atoms with Gasteiger partial charge >= 0.3 is 0 Å². The maximum atomic E-state index is 11.3. The molecule has 3 nitrogen and oxygen atoms in total. The molecule has 15 heavy (non-hydrogen) atoms. The highest BCUT2D eigenvalue weighted by Crippen LogP contribution is 2.46. The Bertz CT molecular complexity index is 468. The van der Waals surface area contributed by atoms with Crippen molar-refractivity contribution in [1.82, 2.24) is 9.47 Å². The van der Waals surface area contributed by atoms with Gasteiger partial charge in [0.1, 0.15) is 0 Å². The standard InChI is InChI=1S/C10H14N2OS2/c1-5(2)7-6(3)11(4)10(15-7)12-8(13)9(12)14/h5,10H,1-4H3. The molecule has 1 aliphatic rings. The Hall–Kier alpha value is -0.550. The second-order valence-corrected chi connectivity index (χ2v) is 5.62. The monoisotopic (exact) mass is 242 g/mol. The predicted molar refractivity (Wildman–Crippen MR) is 65.8 cm³/mol. The van der Waals surface area contributed by atoms with E-state index in [0.717, 1.165) is 0 Å². The van der Waals surface area contributed by atoms with Crippen molar-refractivity contribution in [1.29, 1.82) is 0 Å². The fourth-order valence-corrected chi connectivity index (χ4v) is 3.48. The van der Waals surface area contributed by atoms with E-state index in [1.54, 1.807) is 16.3 Å². The van der Waals surface area contributed by atoms with E-state index in [-0.39, 0.29) is 11.1 Å². The van der Waals surface area contributed by atoms with E-state index in [1.807, 2.05) is 7.05 Å². The predicted octanol–water partition coefficient (Wildman–Crippen LogP) is 2.48. The lowest BCUT2D eigenvalue weighted by Crippen LogP contribution is -2.20. The van der Waals surface area contributed by atoms with Crippen LogP contribution in [0.2, 0.25) is 0 Å². The summed E-state index contributed by atoms with van der Waals surface area (Å²) in [5.74, 6) is 0.506. The van der Waals surface area contributed by atoms with E-state index in [2.05, 4.69) is 25.7 Å². The molecule has 1 unspecified atom stereocenters. The molecule has 0 fully saturated rings. The largest absolute Gasteiger partial charge is 0.348 e. The Morgan fingerprint density at radius 3 is 2.33 bits per heavy atom. The van der Waals surface area contributed by atoms with Gasteiger partial charge in [0, 0.05) is 17.6 Å². The number of aromatic nitrogens is 1. The second kappa shape index (κ2) is 3.49. The van der Waals surface area contributed by atoms with Gasteiger partial charge in [-0.3, -0.25) is 9.36 Å². The summed E-state index contributed by atoms with van der Waals surface area (Å²) in [5, 5.41) is 0. The zero-order valence-electron chi connectivity index (χ0n) is 9.27. The summed E-state index contributed by atoms with van der Waals surface area (Å²) >= 11 is 6.68. The van der Waals surface area contributed by atoms with Crippen molar-refractivity contribution in [2.24, 2.45) is 5.92 Å². The Morgan fingerprint density at radius 2 is 2.00 bits per heavy atom. The van der Waals surface area contributed by atoms with Crippen molar-refractivity contribution >= 4 is 24.0 Å². The van der Waals surface area contributed by atoms with Crippen molar-refractivity contribution in [3.63, 3.8) is 0 Å². The van der Waals surface area contributed by atoms with Gasteiger partial charge in [0.05, 0.1) is 0 Å². The van der Waals surface area contributed by atoms with E-state index in [4.69, 9.17) is 12.2 Å². The van der Waals surface area contributed by atoms with Crippen LogP contribution in [0.3, 0.4) is 0 Å². The highest BCUT2D eigenvalue weighted by atomic mass is 32.2. The SMILES string of the molecule is CC1=C(C(C)C)SC(n2c(=O)c2=S)N1C. The molecule has 0 amide bonds. The van der Waals surface area contributed by atoms with Crippen molar-refractivity contribution in [3.05, 3.63) is 25.6 Å². The Labute approximate surface area is 98.5 Å². The van der Waals surface area contributed by atoms with Gasteiger partial charge in [-0.2, -0.15) is 0 Å². The van der Waals surface area contributed by atoms with Gasteiger partial charge in [-0.15, -0.1) is 0 Å². The molecule has 1 aliphatic heterocycles. The quantitative estimate of drug-likeness (QED) is 0.744. The molecule has 0 saturated carbocycles. The van der Waals surface area contributed by atoms with E-state index in [0.29, 0.717) is 10.6 Å². The zero-order chi connectivity index (χ0) is 11.3. The highest BCUT2D eigenvalue weighted by molar-refractivity contribution is 8.03. The first-order valence-corrected chi connectivity index (χ1v) is 6.21. The normalized spacial score (nSPS) is 22.5. The van der Waals surface area contributed by atoms with Crippen LogP contribution in [0.1, 0.15) is 26.3 Å². The van der Waals surface area contributed by atoms with E-state index < -0.39 is 0 Å². The van der Waals surface area contributed by atoms with Crippen LogP contribution < -0.4 is 5.56 Å². The third-order valence-electron chi connectivity index (χ3n) is 2.77. The van der Waals surface area contributed by atoms with Crippen LogP contribution in [0, 0.1) is 10.6 Å². The molecule has 0 N–H and O–H groups in total. The Morgan fingerprint density at radius 1 is 1.47 bits per heavy atom. The number of hydrogen-bond donors (Lipinski definition) is 0. The summed E-state index contributed by atoms with van der Waals surface area (Å²) in [7, 11) is 2.01. The first kappa shape index (κ1) is 11.0. The number of allylic oxidation sites excluding steroid dienone is 2. The molecule has 1 aromatic rings. The third kappa shape index (κ3) is 1.58. The molecule has 82 valence electrons. The lowest BCUT2D eigenvalue weighted by Gasteiger charge is -2.19. The Balaban J connectivity index is 2.28. The summed E-state index contributed by atoms with van der Waals surface area (Å²) in [6.45, 7) is 6.44. The topological polar surface area (TPSA) is 25.2 Å². The van der Waals surface area contributed by atoms with E-state index >= 15 is 0 Å². The van der Waals surface area contributed by atoms with Crippen molar-refractivity contribution < 1.29 is 0 Å². The van der Waals surface area contributed by atoms with Gasteiger partial charge < -0.3 is 4.90 Å². The fourth-order valence-electron chi connectivity index (χ4n) is 1.74. The first-order valence-electron chi connectivity index (χ1n) is 4.93. The van der Waals surface area contributed by atoms with Crippen LogP contribution in [0.15, 0.2) is 15.4 Å². The average Bonchev–Trinajstić information content (AvgIpc) is 2.62. The molecule has 0 spiro atoms. The summed E-state index contributed by atoms with van der Waals surface area (Å²) in [6.07, 6.45) is 0. The molecule has 1 atom stereocenters. The molecule has 5 heteroatoms. The van der Waals surface area contributed by atoms with Gasteiger partial charge in [-0.1, -0.05) is 37.8 Å². The number of thioether (sulfide) groups is 1. The molecule has 2 heterocycles. The first-order chi connectivity index (χ1) is 6.95. The number of rotatable bonds is 2. The molecule has 0 saturated heterocycles. The molecule has 0 aromatic carbocycles. The van der Waals surface area contributed by atoms with Gasteiger partial charge in [0.2, 0.25) is 0 Å². The van der Waals surface area contributed by atoms with Gasteiger partial charge in [-0.25, -0.2) is 0 Å². The molecular weight excluding hydrogens is 228 g/mol. The van der Waals surface area contributed by atoms with Crippen molar-refractivity contribution in [2.45, 2.75) is 26.3 Å². The van der Waals surface area contributed by atoms with Gasteiger partial charge in [0.25, 0.3) is 5.56 Å². The van der Waals surface area contributed by atoms with Gasteiger partial charge in [0.15, 0.2) is 10.1 Å². The maximum absolute atomic E-state index is 11.3. The molecule has 1 aromatic heterocycles. The van der Waals surface area contributed by atoms with Gasteiger partial charge in [-0.05, 0) is 12.8 Å². The minimum atomic E-state index is 0.00663. The van der Waals surface area contributed by atoms with Crippen LogP contribution in [-0.2, 0) is 0 Å². The van der Waals surface area contributed by atoms with Crippen LogP contribution in [0.25, 0.3) is 0 Å². The smallest absolute Gasteiger partial charge is 0.289 e. The molecule has 2 rings (SSSR count). The van der Waals surface area contributed by atoms with Crippen molar-refractivity contribution in [2.75, 3.05) is 7.05 Å². The second-order valence-electron chi connectivity index (χ2n) is 4.14. The highest BCUT2D eigenvalue weighted by Gasteiger charge is 2.34. The van der Waals surface area contributed by atoms with Crippen LogP contribution in [0.4, 0.5) is 0 Å². The maximum Gasteiger partial charge on any atom is 0.289 e. The third-order valence-corrected chi connectivity index (χ3v) is 4.90. The summed E-state index contributed by atoms with van der Waals surface area (Å²) in [6, 6.07) is 0. The zero-order valence-corrected chi connectivity index (χ0v) is 10.9. The summed E-state index contributed by atoms with van der Waals surface area (Å²) in [4.78, 5) is 14.7. The van der Waals surface area contributed by atoms with Crippen LogP contribution >= 0.6 is 24.0 Å². The lowest BCUT2D eigenvalue weighted by molar-refractivity contribution is 0.342. The lowest BCUT2D eigenvalue weighted by atomic mass is 10.2. The number of hydrogen-bond acceptors (Lipinski definition) is 4. The average molecular weight is 242 g/mol. The van der Waals surface area contributed by atoms with E-state index in [9.17, 15) is 4.79 Å². The van der Waals surface area contributed by atoms with Crippen molar-refractivity contribution in [3.8, 4) is 0 Å². The Kier molecular flexibility index (Phi) is 2.55. The van der Waals surface area contributed by atoms with E-state index in [1.165, 1.54) is 10.6 Å². The minimum Gasteiger partial charge on any atom is -0.348 e. The van der Waals surface area contributed by atoms with Crippen LogP contribution in [-0.4, -0.2) is 16.5 Å². The summed E-state index contributed by atoms with van der Waals surface area (Å²) < 4.78 is 2.15. The van der Waals surface area contributed by atoms with Crippen LogP contribution in [0.5, 0.6) is 0 Å². The number of nitrogens with zero attached hydrogens (tertiary/aromatic N) is 2.